The standard InChI is InChI=1S/C14H20N2O/c1-11(17)3-2-7-15-10-12-4-5-13-6-8-16-14(13)9-12/h4-6,8-9,11,15-17H,2-3,7,10H2,1H3. The summed E-state index contributed by atoms with van der Waals surface area (Å²) in [5.41, 5.74) is 2.48. The molecule has 0 radical (unpaired) electrons. The Balaban J connectivity index is 1.78. The summed E-state index contributed by atoms with van der Waals surface area (Å²) in [5.74, 6) is 0. The van der Waals surface area contributed by atoms with Gasteiger partial charge in [0.1, 0.15) is 0 Å². The quantitative estimate of drug-likeness (QED) is 0.670. The third-order valence-corrected chi connectivity index (χ3v) is 2.92. The Labute approximate surface area is 102 Å². The van der Waals surface area contributed by atoms with Crippen LogP contribution in [0, 0.1) is 0 Å². The second kappa shape index (κ2) is 5.84. The van der Waals surface area contributed by atoms with Crippen molar-refractivity contribution in [2.24, 2.45) is 0 Å². The van der Waals surface area contributed by atoms with E-state index in [0.29, 0.717) is 0 Å². The van der Waals surface area contributed by atoms with Crippen molar-refractivity contribution in [3.8, 4) is 0 Å². The predicted molar refractivity (Wildman–Crippen MR) is 70.9 cm³/mol. The summed E-state index contributed by atoms with van der Waals surface area (Å²) >= 11 is 0. The lowest BCUT2D eigenvalue weighted by atomic mass is 10.1. The van der Waals surface area contributed by atoms with Gasteiger partial charge in [-0.2, -0.15) is 0 Å². The number of aromatic amines is 1. The van der Waals surface area contributed by atoms with E-state index in [-0.39, 0.29) is 6.10 Å². The fraction of sp³-hybridized carbons (Fsp3) is 0.429. The van der Waals surface area contributed by atoms with E-state index in [1.807, 2.05) is 13.1 Å². The number of aromatic nitrogens is 1. The molecule has 3 nitrogen and oxygen atoms in total. The molecule has 2 aromatic rings. The van der Waals surface area contributed by atoms with Crippen molar-refractivity contribution in [3.63, 3.8) is 0 Å². The molecule has 1 aromatic carbocycles. The van der Waals surface area contributed by atoms with Gasteiger partial charge in [-0.25, -0.2) is 0 Å². The number of aliphatic hydroxyl groups excluding tert-OH is 1. The van der Waals surface area contributed by atoms with E-state index in [1.54, 1.807) is 0 Å². The van der Waals surface area contributed by atoms with Gasteiger partial charge in [0.25, 0.3) is 0 Å². The highest BCUT2D eigenvalue weighted by Gasteiger charge is 1.98. The van der Waals surface area contributed by atoms with Crippen LogP contribution in [0.15, 0.2) is 30.5 Å². The van der Waals surface area contributed by atoms with Gasteiger partial charge in [-0.05, 0) is 49.4 Å². The van der Waals surface area contributed by atoms with Gasteiger partial charge in [0.15, 0.2) is 0 Å². The fourth-order valence-corrected chi connectivity index (χ4v) is 1.96. The molecule has 0 bridgehead atoms. The number of nitrogens with one attached hydrogen (secondary N) is 2. The molecule has 1 atom stereocenters. The van der Waals surface area contributed by atoms with Crippen molar-refractivity contribution in [2.75, 3.05) is 6.54 Å². The van der Waals surface area contributed by atoms with Gasteiger partial charge in [0, 0.05) is 18.3 Å². The Hall–Kier alpha value is -1.32. The van der Waals surface area contributed by atoms with E-state index >= 15 is 0 Å². The van der Waals surface area contributed by atoms with Crippen LogP contribution in [-0.4, -0.2) is 22.7 Å². The third-order valence-electron chi connectivity index (χ3n) is 2.92. The van der Waals surface area contributed by atoms with Crippen molar-refractivity contribution >= 4 is 10.9 Å². The Morgan fingerprint density at radius 2 is 2.24 bits per heavy atom. The van der Waals surface area contributed by atoms with Gasteiger partial charge in [0.2, 0.25) is 0 Å². The number of hydrogen-bond acceptors (Lipinski definition) is 2. The molecular formula is C14H20N2O. The van der Waals surface area contributed by atoms with Gasteiger partial charge < -0.3 is 15.4 Å². The zero-order valence-corrected chi connectivity index (χ0v) is 10.2. The average molecular weight is 232 g/mol. The molecular weight excluding hydrogens is 212 g/mol. The summed E-state index contributed by atoms with van der Waals surface area (Å²) < 4.78 is 0. The van der Waals surface area contributed by atoms with Crippen LogP contribution < -0.4 is 5.32 Å². The Morgan fingerprint density at radius 3 is 3.06 bits per heavy atom. The van der Waals surface area contributed by atoms with Crippen molar-refractivity contribution in [2.45, 2.75) is 32.4 Å². The highest BCUT2D eigenvalue weighted by molar-refractivity contribution is 5.79. The Morgan fingerprint density at radius 1 is 1.35 bits per heavy atom. The zero-order chi connectivity index (χ0) is 12.1. The number of fused-ring (bicyclic) bond motifs is 1. The van der Waals surface area contributed by atoms with Crippen LogP contribution in [0.4, 0.5) is 0 Å². The third kappa shape index (κ3) is 3.58. The molecule has 0 aliphatic rings. The molecule has 1 heterocycles. The molecule has 1 aromatic heterocycles. The monoisotopic (exact) mass is 232 g/mol. The van der Waals surface area contributed by atoms with Crippen LogP contribution in [0.25, 0.3) is 10.9 Å². The molecule has 0 saturated carbocycles. The molecule has 0 fully saturated rings. The maximum Gasteiger partial charge on any atom is 0.0512 e. The first-order chi connectivity index (χ1) is 8.25. The maximum atomic E-state index is 9.13. The summed E-state index contributed by atoms with van der Waals surface area (Å²) in [6.07, 6.45) is 3.65. The topological polar surface area (TPSA) is 48.0 Å². The molecule has 3 N–H and O–H groups in total. The highest BCUT2D eigenvalue weighted by Crippen LogP contribution is 2.13. The molecule has 0 aliphatic carbocycles. The number of benzene rings is 1. The lowest BCUT2D eigenvalue weighted by Gasteiger charge is -2.06. The van der Waals surface area contributed by atoms with Crippen LogP contribution in [0.5, 0.6) is 0 Å². The van der Waals surface area contributed by atoms with Gasteiger partial charge in [0.05, 0.1) is 6.10 Å². The minimum Gasteiger partial charge on any atom is -0.393 e. The number of hydrogen-bond donors (Lipinski definition) is 3. The van der Waals surface area contributed by atoms with Crippen LogP contribution in [-0.2, 0) is 6.54 Å². The summed E-state index contributed by atoms with van der Waals surface area (Å²) in [6.45, 7) is 3.67. The summed E-state index contributed by atoms with van der Waals surface area (Å²) in [4.78, 5) is 3.22. The molecule has 92 valence electrons. The maximum absolute atomic E-state index is 9.13. The second-order valence-electron chi connectivity index (χ2n) is 4.57. The second-order valence-corrected chi connectivity index (χ2v) is 4.57. The zero-order valence-electron chi connectivity index (χ0n) is 10.2. The first-order valence-corrected chi connectivity index (χ1v) is 6.20. The first-order valence-electron chi connectivity index (χ1n) is 6.20. The average Bonchev–Trinajstić information content (AvgIpc) is 2.75. The smallest absolute Gasteiger partial charge is 0.0512 e. The molecule has 3 heteroatoms. The minimum absolute atomic E-state index is 0.188. The Bertz CT molecular complexity index is 462. The van der Waals surface area contributed by atoms with E-state index < -0.39 is 0 Å². The lowest BCUT2D eigenvalue weighted by Crippen LogP contribution is -2.16. The van der Waals surface area contributed by atoms with Gasteiger partial charge >= 0.3 is 0 Å². The number of aliphatic hydroxyl groups is 1. The van der Waals surface area contributed by atoms with E-state index in [4.69, 9.17) is 5.11 Å². The summed E-state index contributed by atoms with van der Waals surface area (Å²) in [6, 6.07) is 8.54. The van der Waals surface area contributed by atoms with Gasteiger partial charge in [-0.3, -0.25) is 0 Å². The molecule has 0 amide bonds. The molecule has 2 rings (SSSR count). The van der Waals surface area contributed by atoms with E-state index in [2.05, 4.69) is 34.6 Å². The Kier molecular flexibility index (Phi) is 4.18. The van der Waals surface area contributed by atoms with Crippen LogP contribution in [0.3, 0.4) is 0 Å². The van der Waals surface area contributed by atoms with Crippen molar-refractivity contribution in [1.82, 2.24) is 10.3 Å². The fourth-order valence-electron chi connectivity index (χ4n) is 1.96. The van der Waals surface area contributed by atoms with Crippen molar-refractivity contribution < 1.29 is 5.11 Å². The van der Waals surface area contributed by atoms with Crippen molar-refractivity contribution in [3.05, 3.63) is 36.0 Å². The number of rotatable bonds is 6. The molecule has 1 unspecified atom stereocenters. The minimum atomic E-state index is -0.188. The van der Waals surface area contributed by atoms with Crippen molar-refractivity contribution in [1.29, 1.82) is 0 Å². The predicted octanol–water partition coefficient (Wildman–Crippen LogP) is 2.42. The summed E-state index contributed by atoms with van der Waals surface area (Å²) in [5, 5.41) is 13.8. The van der Waals surface area contributed by atoms with Crippen LogP contribution in [0.1, 0.15) is 25.3 Å². The number of H-pyrrole nitrogens is 1. The molecule has 0 saturated heterocycles. The summed E-state index contributed by atoms with van der Waals surface area (Å²) in [7, 11) is 0. The van der Waals surface area contributed by atoms with E-state index in [0.717, 1.165) is 25.9 Å². The molecule has 17 heavy (non-hydrogen) atoms. The van der Waals surface area contributed by atoms with Crippen LogP contribution in [0.2, 0.25) is 0 Å². The molecule has 0 aliphatic heterocycles. The van der Waals surface area contributed by atoms with Gasteiger partial charge in [-0.15, -0.1) is 0 Å². The normalized spacial score (nSPS) is 13.1. The van der Waals surface area contributed by atoms with E-state index in [1.165, 1.54) is 16.5 Å². The molecule has 0 spiro atoms. The highest BCUT2D eigenvalue weighted by atomic mass is 16.3. The van der Waals surface area contributed by atoms with E-state index in [9.17, 15) is 0 Å². The lowest BCUT2D eigenvalue weighted by molar-refractivity contribution is 0.181. The largest absolute Gasteiger partial charge is 0.393 e. The van der Waals surface area contributed by atoms with Crippen LogP contribution >= 0.6 is 0 Å². The van der Waals surface area contributed by atoms with Gasteiger partial charge in [-0.1, -0.05) is 12.1 Å². The first kappa shape index (κ1) is 12.1. The SMILES string of the molecule is CC(O)CCCNCc1ccc2cc[nH]c2c1.